The normalized spacial score (nSPS) is 23.9. The van der Waals surface area contributed by atoms with E-state index in [1.54, 1.807) is 0 Å². The Morgan fingerprint density at radius 3 is 2.52 bits per heavy atom. The van der Waals surface area contributed by atoms with Crippen molar-refractivity contribution in [3.8, 4) is 0 Å². The van der Waals surface area contributed by atoms with Crippen molar-refractivity contribution in [3.05, 3.63) is 35.9 Å². The molecule has 0 aromatic heterocycles. The van der Waals surface area contributed by atoms with Crippen LogP contribution in [0.3, 0.4) is 0 Å². The first-order valence-electron chi connectivity index (χ1n) is 9.28. The third kappa shape index (κ3) is 4.57. The van der Waals surface area contributed by atoms with E-state index < -0.39 is 0 Å². The van der Waals surface area contributed by atoms with E-state index in [9.17, 15) is 4.79 Å². The van der Waals surface area contributed by atoms with Crippen LogP contribution in [0.4, 0.5) is 0 Å². The molecular formula is C20H30N2O. The van der Waals surface area contributed by atoms with E-state index in [0.717, 1.165) is 32.6 Å². The molecule has 3 rings (SSSR count). The van der Waals surface area contributed by atoms with Gasteiger partial charge in [-0.15, -0.1) is 0 Å². The van der Waals surface area contributed by atoms with Gasteiger partial charge in [0.25, 0.3) is 0 Å². The van der Waals surface area contributed by atoms with Gasteiger partial charge in [0, 0.05) is 38.6 Å². The van der Waals surface area contributed by atoms with E-state index >= 15 is 0 Å². The summed E-state index contributed by atoms with van der Waals surface area (Å²) in [5.74, 6) is 1.04. The molecule has 1 aromatic rings. The zero-order valence-corrected chi connectivity index (χ0v) is 14.4. The standard InChI is InChI=1S/C20H30N2O/c1-17-15-21(16-19-10-6-3-7-11-19)12-13-22(17)20(23)14-18-8-4-2-5-9-18/h3,6-7,10-11,17-18H,2,4-5,8-9,12-16H2,1H3/t17-/m1/s1. The Labute approximate surface area is 140 Å². The van der Waals surface area contributed by atoms with E-state index in [-0.39, 0.29) is 0 Å². The number of benzene rings is 1. The molecule has 1 amide bonds. The first-order valence-corrected chi connectivity index (χ1v) is 9.28. The lowest BCUT2D eigenvalue weighted by Gasteiger charge is -2.40. The third-order valence-electron chi connectivity index (χ3n) is 5.47. The molecular weight excluding hydrogens is 284 g/mol. The van der Waals surface area contributed by atoms with Crippen LogP contribution < -0.4 is 0 Å². The molecule has 126 valence electrons. The molecule has 0 radical (unpaired) electrons. The van der Waals surface area contributed by atoms with E-state index in [1.165, 1.54) is 37.7 Å². The van der Waals surface area contributed by atoms with Crippen LogP contribution in [-0.4, -0.2) is 41.4 Å². The highest BCUT2D eigenvalue weighted by molar-refractivity contribution is 5.77. The Hall–Kier alpha value is -1.35. The highest BCUT2D eigenvalue weighted by Gasteiger charge is 2.29. The summed E-state index contributed by atoms with van der Waals surface area (Å²) in [5.41, 5.74) is 1.36. The smallest absolute Gasteiger partial charge is 0.223 e. The SMILES string of the molecule is C[C@@H]1CN(Cc2ccccc2)CCN1C(=O)CC1CCCCC1. The lowest BCUT2D eigenvalue weighted by Crippen LogP contribution is -2.53. The molecule has 1 aliphatic heterocycles. The Bertz CT molecular complexity index is 496. The van der Waals surface area contributed by atoms with Crippen LogP contribution >= 0.6 is 0 Å². The summed E-state index contributed by atoms with van der Waals surface area (Å²) < 4.78 is 0. The summed E-state index contributed by atoms with van der Waals surface area (Å²) in [5, 5.41) is 0. The maximum atomic E-state index is 12.6. The second-order valence-electron chi connectivity index (χ2n) is 7.37. The molecule has 1 atom stereocenters. The van der Waals surface area contributed by atoms with Crippen molar-refractivity contribution in [1.82, 2.24) is 9.80 Å². The fourth-order valence-electron chi connectivity index (χ4n) is 4.14. The van der Waals surface area contributed by atoms with Gasteiger partial charge in [0.1, 0.15) is 0 Å². The maximum Gasteiger partial charge on any atom is 0.223 e. The van der Waals surface area contributed by atoms with Gasteiger partial charge in [0.2, 0.25) is 5.91 Å². The monoisotopic (exact) mass is 314 g/mol. The number of nitrogens with zero attached hydrogens (tertiary/aromatic N) is 2. The van der Waals surface area contributed by atoms with Gasteiger partial charge in [-0.1, -0.05) is 49.6 Å². The Morgan fingerprint density at radius 2 is 1.83 bits per heavy atom. The Balaban J connectivity index is 1.48. The molecule has 1 aliphatic carbocycles. The van der Waals surface area contributed by atoms with Crippen LogP contribution in [0.25, 0.3) is 0 Å². The Morgan fingerprint density at radius 1 is 1.09 bits per heavy atom. The molecule has 2 fully saturated rings. The van der Waals surface area contributed by atoms with Gasteiger partial charge in [-0.25, -0.2) is 0 Å². The average molecular weight is 314 g/mol. The van der Waals surface area contributed by atoms with Crippen LogP contribution in [-0.2, 0) is 11.3 Å². The van der Waals surface area contributed by atoms with Gasteiger partial charge in [-0.05, 0) is 31.2 Å². The molecule has 23 heavy (non-hydrogen) atoms. The van der Waals surface area contributed by atoms with Crippen molar-refractivity contribution < 1.29 is 4.79 Å². The zero-order chi connectivity index (χ0) is 16.1. The third-order valence-corrected chi connectivity index (χ3v) is 5.47. The first kappa shape index (κ1) is 16.5. The second kappa shape index (κ2) is 7.96. The van der Waals surface area contributed by atoms with Crippen molar-refractivity contribution in [2.45, 2.75) is 58.0 Å². The number of amides is 1. The molecule has 1 aromatic carbocycles. The van der Waals surface area contributed by atoms with Crippen LogP contribution in [0.15, 0.2) is 30.3 Å². The minimum atomic E-state index is 0.337. The van der Waals surface area contributed by atoms with E-state index in [2.05, 4.69) is 47.1 Å². The molecule has 3 nitrogen and oxygen atoms in total. The van der Waals surface area contributed by atoms with Crippen molar-refractivity contribution in [2.24, 2.45) is 5.92 Å². The van der Waals surface area contributed by atoms with Crippen LogP contribution in [0.5, 0.6) is 0 Å². The number of carbonyl (C=O) groups is 1. The van der Waals surface area contributed by atoms with E-state index in [4.69, 9.17) is 0 Å². The van der Waals surface area contributed by atoms with Gasteiger partial charge >= 0.3 is 0 Å². The fraction of sp³-hybridized carbons (Fsp3) is 0.650. The maximum absolute atomic E-state index is 12.6. The molecule has 1 saturated carbocycles. The van der Waals surface area contributed by atoms with Crippen molar-refractivity contribution in [1.29, 1.82) is 0 Å². The van der Waals surface area contributed by atoms with Crippen LogP contribution in [0.1, 0.15) is 51.0 Å². The predicted molar refractivity (Wildman–Crippen MR) is 94.1 cm³/mol. The fourth-order valence-corrected chi connectivity index (χ4v) is 4.14. The highest BCUT2D eigenvalue weighted by atomic mass is 16.2. The number of hydrogen-bond donors (Lipinski definition) is 0. The summed E-state index contributed by atoms with van der Waals surface area (Å²) in [6, 6.07) is 11.0. The minimum absolute atomic E-state index is 0.337. The molecule has 2 aliphatic rings. The van der Waals surface area contributed by atoms with Crippen LogP contribution in [0.2, 0.25) is 0 Å². The van der Waals surface area contributed by atoms with E-state index in [0.29, 0.717) is 17.9 Å². The highest BCUT2D eigenvalue weighted by Crippen LogP contribution is 2.27. The summed E-state index contributed by atoms with van der Waals surface area (Å²) in [6.07, 6.45) is 7.29. The largest absolute Gasteiger partial charge is 0.337 e. The van der Waals surface area contributed by atoms with Gasteiger partial charge in [-0.2, -0.15) is 0 Å². The van der Waals surface area contributed by atoms with Crippen LogP contribution in [0, 0.1) is 5.92 Å². The molecule has 0 N–H and O–H groups in total. The lowest BCUT2D eigenvalue weighted by molar-refractivity contribution is -0.137. The summed E-state index contributed by atoms with van der Waals surface area (Å²) in [7, 11) is 0. The predicted octanol–water partition coefficient (Wildman–Crippen LogP) is 3.69. The quantitative estimate of drug-likeness (QED) is 0.846. The summed E-state index contributed by atoms with van der Waals surface area (Å²) in [4.78, 5) is 17.3. The topological polar surface area (TPSA) is 23.6 Å². The van der Waals surface area contributed by atoms with Gasteiger partial charge in [0.15, 0.2) is 0 Å². The molecule has 0 unspecified atom stereocenters. The van der Waals surface area contributed by atoms with Gasteiger partial charge in [0.05, 0.1) is 0 Å². The van der Waals surface area contributed by atoms with Crippen molar-refractivity contribution in [2.75, 3.05) is 19.6 Å². The van der Waals surface area contributed by atoms with Crippen molar-refractivity contribution >= 4 is 5.91 Å². The first-order chi connectivity index (χ1) is 11.2. The molecule has 1 saturated heterocycles. The average Bonchev–Trinajstić information content (AvgIpc) is 2.57. The molecule has 1 heterocycles. The number of piperazine rings is 1. The molecule has 0 bridgehead atoms. The van der Waals surface area contributed by atoms with Crippen molar-refractivity contribution in [3.63, 3.8) is 0 Å². The number of rotatable bonds is 4. The summed E-state index contributed by atoms with van der Waals surface area (Å²) in [6.45, 7) is 6.08. The molecule has 0 spiro atoms. The zero-order valence-electron chi connectivity index (χ0n) is 14.4. The number of carbonyl (C=O) groups excluding carboxylic acids is 1. The lowest BCUT2D eigenvalue weighted by atomic mass is 9.86. The summed E-state index contributed by atoms with van der Waals surface area (Å²) >= 11 is 0. The minimum Gasteiger partial charge on any atom is -0.337 e. The van der Waals surface area contributed by atoms with Gasteiger partial charge < -0.3 is 4.90 Å². The van der Waals surface area contributed by atoms with E-state index in [1.807, 2.05) is 0 Å². The Kier molecular flexibility index (Phi) is 5.71. The van der Waals surface area contributed by atoms with Gasteiger partial charge in [-0.3, -0.25) is 9.69 Å². The second-order valence-corrected chi connectivity index (χ2v) is 7.37. The molecule has 3 heteroatoms. The number of hydrogen-bond acceptors (Lipinski definition) is 2.